The quantitative estimate of drug-likeness (QED) is 0.814. The lowest BCUT2D eigenvalue weighted by atomic mass is 10.4. The summed E-state index contributed by atoms with van der Waals surface area (Å²) in [4.78, 5) is 13.8. The molecule has 3 nitrogen and oxygen atoms in total. The zero-order valence-corrected chi connectivity index (χ0v) is 11.1. The summed E-state index contributed by atoms with van der Waals surface area (Å²) < 4.78 is 0.830. The molecule has 5 heteroatoms. The Morgan fingerprint density at radius 1 is 1.25 bits per heavy atom. The van der Waals surface area contributed by atoms with Crippen molar-refractivity contribution < 1.29 is 0 Å². The highest BCUT2D eigenvalue weighted by atomic mass is 79.9. The minimum Gasteiger partial charge on any atom is -0.265 e. The molecule has 0 aromatic carbocycles. The summed E-state index contributed by atoms with van der Waals surface area (Å²) in [5, 5.41) is 0.949. The number of nitrogens with zero attached hydrogens (tertiary/aromatic N) is 3. The van der Waals surface area contributed by atoms with Gasteiger partial charge in [0.2, 0.25) is 0 Å². The summed E-state index contributed by atoms with van der Waals surface area (Å²) in [5.74, 6) is 0.853. The van der Waals surface area contributed by atoms with Gasteiger partial charge in [-0.05, 0) is 28.1 Å². The van der Waals surface area contributed by atoms with Crippen molar-refractivity contribution in [2.75, 3.05) is 0 Å². The van der Waals surface area contributed by atoms with Crippen LogP contribution in [0.15, 0.2) is 45.1 Å². The van der Waals surface area contributed by atoms with E-state index in [1.54, 1.807) is 24.2 Å². The van der Waals surface area contributed by atoms with Gasteiger partial charge in [-0.1, -0.05) is 18.7 Å². The molecule has 2 heterocycles. The van der Waals surface area contributed by atoms with Gasteiger partial charge in [-0.3, -0.25) is 4.98 Å². The Morgan fingerprint density at radius 3 is 2.69 bits per heavy atom. The van der Waals surface area contributed by atoms with Gasteiger partial charge in [0.1, 0.15) is 15.5 Å². The van der Waals surface area contributed by atoms with Gasteiger partial charge in [-0.2, -0.15) is 0 Å². The Bertz CT molecular complexity index is 476. The van der Waals surface area contributed by atoms with E-state index in [9.17, 15) is 0 Å². The van der Waals surface area contributed by atoms with E-state index in [1.807, 2.05) is 25.1 Å². The fourth-order valence-electron chi connectivity index (χ4n) is 1.18. The first-order valence-electron chi connectivity index (χ1n) is 4.89. The second-order valence-corrected chi connectivity index (χ2v) is 4.99. The van der Waals surface area contributed by atoms with Crippen LogP contribution in [-0.4, -0.2) is 15.0 Å². The first-order valence-corrected chi connectivity index (χ1v) is 6.50. The fraction of sp³-hybridized carbons (Fsp3) is 0.182. The van der Waals surface area contributed by atoms with Crippen LogP contribution >= 0.6 is 27.7 Å². The van der Waals surface area contributed by atoms with Gasteiger partial charge >= 0.3 is 0 Å². The van der Waals surface area contributed by atoms with Gasteiger partial charge in [0.15, 0.2) is 0 Å². The van der Waals surface area contributed by atoms with Gasteiger partial charge in [0.05, 0.1) is 0 Å². The number of aryl methyl sites for hydroxylation is 1. The predicted molar refractivity (Wildman–Crippen MR) is 67.5 cm³/mol. The number of hydrogen-bond acceptors (Lipinski definition) is 4. The van der Waals surface area contributed by atoms with Gasteiger partial charge in [0.25, 0.3) is 0 Å². The molecular weight excluding hydrogens is 286 g/mol. The number of hydrogen-bond donors (Lipinski definition) is 0. The lowest BCUT2D eigenvalue weighted by Gasteiger charge is -2.03. The molecule has 0 amide bonds. The standard InChI is InChI=1S/C11H10BrN3S/c1-2-10-14-9(12)7-11(15-10)16-8-3-5-13-6-4-8/h3-7H,2H2,1H3. The smallest absolute Gasteiger partial charge is 0.130 e. The summed E-state index contributed by atoms with van der Waals surface area (Å²) in [6.45, 7) is 2.04. The molecule has 0 fully saturated rings. The normalized spacial score (nSPS) is 10.4. The van der Waals surface area contributed by atoms with E-state index in [1.165, 1.54) is 0 Å². The Labute approximate surface area is 107 Å². The fourth-order valence-corrected chi connectivity index (χ4v) is 2.57. The van der Waals surface area contributed by atoms with Gasteiger partial charge < -0.3 is 0 Å². The molecule has 0 saturated heterocycles. The Hall–Kier alpha value is -0.940. The molecule has 0 aliphatic rings. The van der Waals surface area contributed by atoms with Gasteiger partial charge in [-0.15, -0.1) is 0 Å². The Morgan fingerprint density at radius 2 is 2.00 bits per heavy atom. The molecule has 82 valence electrons. The molecule has 0 radical (unpaired) electrons. The van der Waals surface area contributed by atoms with E-state index >= 15 is 0 Å². The van der Waals surface area contributed by atoms with Crippen LogP contribution < -0.4 is 0 Å². The highest BCUT2D eigenvalue weighted by molar-refractivity contribution is 9.10. The van der Waals surface area contributed by atoms with Crippen molar-refractivity contribution in [1.29, 1.82) is 0 Å². The average Bonchev–Trinajstić information content (AvgIpc) is 2.29. The molecule has 0 aliphatic heterocycles. The molecule has 0 unspecified atom stereocenters. The lowest BCUT2D eigenvalue weighted by Crippen LogP contribution is -1.94. The molecule has 0 spiro atoms. The second-order valence-electron chi connectivity index (χ2n) is 3.08. The first-order chi connectivity index (χ1) is 7.78. The summed E-state index contributed by atoms with van der Waals surface area (Å²) in [6.07, 6.45) is 4.39. The first kappa shape index (κ1) is 11.5. The summed E-state index contributed by atoms with van der Waals surface area (Å²) in [7, 11) is 0. The molecule has 0 atom stereocenters. The SMILES string of the molecule is CCc1nc(Br)cc(Sc2ccncc2)n1. The van der Waals surface area contributed by atoms with Crippen molar-refractivity contribution in [3.63, 3.8) is 0 Å². The van der Waals surface area contributed by atoms with Crippen molar-refractivity contribution >= 4 is 27.7 Å². The maximum absolute atomic E-state index is 4.45. The average molecular weight is 296 g/mol. The van der Waals surface area contributed by atoms with Gasteiger partial charge in [-0.25, -0.2) is 9.97 Å². The van der Waals surface area contributed by atoms with E-state index < -0.39 is 0 Å². The molecule has 2 rings (SSSR count). The largest absolute Gasteiger partial charge is 0.265 e. The van der Waals surface area contributed by atoms with Crippen LogP contribution in [0, 0.1) is 0 Å². The highest BCUT2D eigenvalue weighted by Crippen LogP contribution is 2.26. The molecule has 0 bridgehead atoms. The van der Waals surface area contributed by atoms with Crippen LogP contribution in [0.4, 0.5) is 0 Å². The minimum atomic E-state index is 0.830. The molecular formula is C11H10BrN3S. The molecule has 0 saturated carbocycles. The summed E-state index contributed by atoms with van der Waals surface area (Å²) >= 11 is 5.00. The Kier molecular flexibility index (Phi) is 3.90. The maximum atomic E-state index is 4.45. The third-order valence-corrected chi connectivity index (χ3v) is 3.24. The number of aromatic nitrogens is 3. The molecule has 2 aromatic heterocycles. The minimum absolute atomic E-state index is 0.830. The van der Waals surface area contributed by atoms with Gasteiger partial charge in [0, 0.05) is 29.8 Å². The third kappa shape index (κ3) is 3.02. The van der Waals surface area contributed by atoms with Crippen LogP contribution in [0.1, 0.15) is 12.7 Å². The van der Waals surface area contributed by atoms with E-state index in [-0.39, 0.29) is 0 Å². The lowest BCUT2D eigenvalue weighted by molar-refractivity contribution is 0.877. The summed E-state index contributed by atoms with van der Waals surface area (Å²) in [5.41, 5.74) is 0. The zero-order valence-electron chi connectivity index (χ0n) is 8.72. The maximum Gasteiger partial charge on any atom is 0.130 e. The highest BCUT2D eigenvalue weighted by Gasteiger charge is 2.03. The topological polar surface area (TPSA) is 38.7 Å². The number of pyridine rings is 1. The van der Waals surface area contributed by atoms with Crippen molar-refractivity contribution in [3.8, 4) is 0 Å². The molecule has 0 N–H and O–H groups in total. The molecule has 0 aliphatic carbocycles. The van der Waals surface area contributed by atoms with E-state index in [2.05, 4.69) is 30.9 Å². The zero-order chi connectivity index (χ0) is 11.4. The van der Waals surface area contributed by atoms with Crippen LogP contribution in [0.2, 0.25) is 0 Å². The predicted octanol–water partition coefficient (Wildman–Crippen LogP) is 3.35. The van der Waals surface area contributed by atoms with E-state index in [0.717, 1.165) is 26.8 Å². The Balaban J connectivity index is 2.24. The van der Waals surface area contributed by atoms with Crippen LogP contribution in [-0.2, 0) is 6.42 Å². The van der Waals surface area contributed by atoms with Crippen LogP contribution in [0.3, 0.4) is 0 Å². The number of halogens is 1. The van der Waals surface area contributed by atoms with Crippen molar-refractivity contribution in [2.45, 2.75) is 23.3 Å². The summed E-state index contributed by atoms with van der Waals surface area (Å²) in [6, 6.07) is 5.85. The van der Waals surface area contributed by atoms with Crippen molar-refractivity contribution in [2.24, 2.45) is 0 Å². The molecule has 2 aromatic rings. The molecule has 16 heavy (non-hydrogen) atoms. The number of rotatable bonds is 3. The van der Waals surface area contributed by atoms with Crippen LogP contribution in [0.5, 0.6) is 0 Å². The third-order valence-electron chi connectivity index (χ3n) is 1.91. The second kappa shape index (κ2) is 5.41. The van der Waals surface area contributed by atoms with E-state index in [4.69, 9.17) is 0 Å². The monoisotopic (exact) mass is 295 g/mol. The van der Waals surface area contributed by atoms with E-state index in [0.29, 0.717) is 0 Å². The van der Waals surface area contributed by atoms with Crippen LogP contribution in [0.25, 0.3) is 0 Å². The van der Waals surface area contributed by atoms with Crippen molar-refractivity contribution in [1.82, 2.24) is 15.0 Å². The van der Waals surface area contributed by atoms with Crippen molar-refractivity contribution in [3.05, 3.63) is 41.0 Å².